The van der Waals surface area contributed by atoms with Crippen LogP contribution in [0.5, 0.6) is 0 Å². The Morgan fingerprint density at radius 2 is 1.68 bits per heavy atom. The summed E-state index contributed by atoms with van der Waals surface area (Å²) < 4.78 is 20.8. The molecule has 3 saturated heterocycles. The Morgan fingerprint density at radius 1 is 1.00 bits per heavy atom. The number of piperidine rings is 2. The molecule has 1 N–H and O–H groups in total. The van der Waals surface area contributed by atoms with E-state index in [0.29, 0.717) is 45.2 Å². The largest absolute Gasteiger partial charge is 0.444 e. The van der Waals surface area contributed by atoms with Crippen LogP contribution in [-0.2, 0) is 14.3 Å². The number of halogens is 1. The Labute approximate surface area is 232 Å². The lowest BCUT2D eigenvalue weighted by molar-refractivity contribution is -0.136. The van der Waals surface area contributed by atoms with Gasteiger partial charge in [0.15, 0.2) is 0 Å². The third-order valence-corrected chi connectivity index (χ3v) is 7.91. The number of ether oxygens (including phenoxy) is 1. The zero-order valence-electron chi connectivity index (χ0n) is 23.2. The van der Waals surface area contributed by atoms with Gasteiger partial charge in [0.25, 0.3) is 11.8 Å². The van der Waals surface area contributed by atoms with Crippen LogP contribution < -0.4 is 10.2 Å². The number of carbonyl (C=O) groups is 5. The van der Waals surface area contributed by atoms with Gasteiger partial charge in [-0.2, -0.15) is 0 Å². The van der Waals surface area contributed by atoms with Gasteiger partial charge >= 0.3 is 6.09 Å². The van der Waals surface area contributed by atoms with Gasteiger partial charge in [-0.1, -0.05) is 0 Å². The van der Waals surface area contributed by atoms with Gasteiger partial charge in [0.1, 0.15) is 17.5 Å². The van der Waals surface area contributed by atoms with Crippen LogP contribution in [0.25, 0.3) is 0 Å². The molecule has 4 aliphatic rings. The fourth-order valence-electron chi connectivity index (χ4n) is 5.96. The van der Waals surface area contributed by atoms with Crippen molar-refractivity contribution >= 4 is 35.4 Å². The molecule has 0 saturated carbocycles. The van der Waals surface area contributed by atoms with E-state index in [1.54, 1.807) is 4.90 Å². The summed E-state index contributed by atoms with van der Waals surface area (Å²) in [7, 11) is 0. The fourth-order valence-corrected chi connectivity index (χ4v) is 5.96. The van der Waals surface area contributed by atoms with E-state index >= 15 is 4.39 Å². The lowest BCUT2D eigenvalue weighted by Crippen LogP contribution is -2.54. The lowest BCUT2D eigenvalue weighted by Gasteiger charge is -2.40. The molecule has 12 heteroatoms. The smallest absolute Gasteiger partial charge is 0.410 e. The summed E-state index contributed by atoms with van der Waals surface area (Å²) in [6, 6.07) is 1.40. The number of fused-ring (bicyclic) bond motifs is 1. The molecule has 0 bridgehead atoms. The summed E-state index contributed by atoms with van der Waals surface area (Å²) in [6.07, 6.45) is 1.74. The van der Waals surface area contributed by atoms with Crippen molar-refractivity contribution in [3.63, 3.8) is 0 Å². The zero-order valence-corrected chi connectivity index (χ0v) is 23.2. The Hall–Kier alpha value is -3.54. The highest BCUT2D eigenvalue weighted by molar-refractivity contribution is 6.23. The number of amides is 5. The minimum absolute atomic E-state index is 0.0214. The number of hydrogen-bond acceptors (Lipinski definition) is 8. The number of hydrogen-bond donors (Lipinski definition) is 1. The van der Waals surface area contributed by atoms with Crippen LogP contribution in [0.1, 0.15) is 67.2 Å². The second-order valence-corrected chi connectivity index (χ2v) is 12.0. The van der Waals surface area contributed by atoms with Crippen LogP contribution in [0.15, 0.2) is 12.1 Å². The number of carbonyl (C=O) groups excluding carboxylic acids is 5. The Balaban J connectivity index is 1.20. The number of piperazine rings is 1. The monoisotopic (exact) mass is 557 g/mol. The first kappa shape index (κ1) is 28.0. The van der Waals surface area contributed by atoms with Crippen molar-refractivity contribution in [3.8, 4) is 0 Å². The Bertz CT molecular complexity index is 1240. The zero-order chi connectivity index (χ0) is 28.8. The number of nitrogens with zero attached hydrogens (tertiary/aromatic N) is 4. The third kappa shape index (κ3) is 5.67. The minimum Gasteiger partial charge on any atom is -0.444 e. The van der Waals surface area contributed by atoms with E-state index in [1.165, 1.54) is 6.07 Å². The predicted molar refractivity (Wildman–Crippen MR) is 142 cm³/mol. The second-order valence-electron chi connectivity index (χ2n) is 12.0. The molecule has 1 aromatic carbocycles. The van der Waals surface area contributed by atoms with Gasteiger partial charge in [0, 0.05) is 52.2 Å². The van der Waals surface area contributed by atoms with Gasteiger partial charge in [-0.3, -0.25) is 34.3 Å². The maximum atomic E-state index is 15.2. The van der Waals surface area contributed by atoms with Gasteiger partial charge in [0.05, 0.1) is 16.8 Å². The van der Waals surface area contributed by atoms with Crippen molar-refractivity contribution in [3.05, 3.63) is 29.1 Å². The molecule has 4 aliphatic heterocycles. The van der Waals surface area contributed by atoms with Crippen molar-refractivity contribution in [1.29, 1.82) is 0 Å². The van der Waals surface area contributed by atoms with Crippen molar-refractivity contribution < 1.29 is 33.1 Å². The molecular formula is C28H36FN5O6. The quantitative estimate of drug-likeness (QED) is 0.559. The maximum absolute atomic E-state index is 15.2. The van der Waals surface area contributed by atoms with Gasteiger partial charge in [-0.15, -0.1) is 0 Å². The molecule has 0 spiro atoms. The molecular weight excluding hydrogens is 521 g/mol. The Kier molecular flexibility index (Phi) is 7.56. The number of benzene rings is 1. The molecule has 0 radical (unpaired) electrons. The topological polar surface area (TPSA) is 120 Å². The molecule has 5 amide bonds. The molecule has 2 atom stereocenters. The highest BCUT2D eigenvalue weighted by atomic mass is 19.1. The van der Waals surface area contributed by atoms with Crippen molar-refractivity contribution in [2.45, 2.75) is 58.1 Å². The van der Waals surface area contributed by atoms with Crippen molar-refractivity contribution in [2.75, 3.05) is 50.7 Å². The Morgan fingerprint density at radius 3 is 2.33 bits per heavy atom. The van der Waals surface area contributed by atoms with E-state index < -0.39 is 41.1 Å². The fraction of sp³-hybridized carbons (Fsp3) is 0.607. The predicted octanol–water partition coefficient (Wildman–Crippen LogP) is 2.00. The van der Waals surface area contributed by atoms with Crippen LogP contribution in [0.2, 0.25) is 0 Å². The SMILES string of the molecule is CC(C)(C)OC(=O)N1CCCC(CN2CCN(c3cc4c(cc3F)C(=O)N(C3CCC(=O)NC3=O)C4=O)CC2)C1. The van der Waals surface area contributed by atoms with E-state index in [9.17, 15) is 24.0 Å². The number of nitrogens with one attached hydrogen (secondary N) is 1. The van der Waals surface area contributed by atoms with Gasteiger partial charge in [0.2, 0.25) is 11.8 Å². The molecule has 2 unspecified atom stereocenters. The summed E-state index contributed by atoms with van der Waals surface area (Å²) in [5.74, 6) is -2.80. The normalized spacial score (nSPS) is 24.4. The average molecular weight is 558 g/mol. The van der Waals surface area contributed by atoms with Crippen LogP contribution in [0, 0.1) is 11.7 Å². The number of imide groups is 2. The summed E-state index contributed by atoms with van der Waals surface area (Å²) in [6.45, 7) is 10.2. The summed E-state index contributed by atoms with van der Waals surface area (Å²) in [5.41, 5.74) is -0.285. The average Bonchev–Trinajstić information content (AvgIpc) is 3.12. The summed E-state index contributed by atoms with van der Waals surface area (Å²) in [5, 5.41) is 2.16. The van der Waals surface area contributed by atoms with E-state index in [1.807, 2.05) is 25.7 Å². The number of rotatable bonds is 4. The third-order valence-electron chi connectivity index (χ3n) is 7.91. The standard InChI is InChI=1S/C28H36FN5O6/c1-28(2,3)40-27(39)33-8-4-5-17(16-33)15-31-9-11-32(12-10-31)22-14-19-18(13-20(22)29)25(37)34(26(19)38)21-6-7-23(35)30-24(21)36/h13-14,17,21H,4-12,15-16H2,1-3H3,(H,30,35,36). The molecule has 3 fully saturated rings. The van der Waals surface area contributed by atoms with Crippen molar-refractivity contribution in [2.24, 2.45) is 5.92 Å². The van der Waals surface area contributed by atoms with Crippen LogP contribution >= 0.6 is 0 Å². The van der Waals surface area contributed by atoms with Crippen LogP contribution in [0.4, 0.5) is 14.9 Å². The van der Waals surface area contributed by atoms with Crippen LogP contribution in [0.3, 0.4) is 0 Å². The molecule has 40 heavy (non-hydrogen) atoms. The molecule has 4 heterocycles. The van der Waals surface area contributed by atoms with Crippen LogP contribution in [-0.4, -0.2) is 102 Å². The molecule has 0 aliphatic carbocycles. The molecule has 1 aromatic rings. The highest BCUT2D eigenvalue weighted by Gasteiger charge is 2.45. The second kappa shape index (κ2) is 10.8. The number of likely N-dealkylation sites (tertiary alicyclic amines) is 1. The van der Waals surface area contributed by atoms with E-state index in [4.69, 9.17) is 4.74 Å². The van der Waals surface area contributed by atoms with E-state index in [0.717, 1.165) is 30.4 Å². The lowest BCUT2D eigenvalue weighted by atomic mass is 9.97. The van der Waals surface area contributed by atoms with Gasteiger partial charge < -0.3 is 14.5 Å². The first-order valence-electron chi connectivity index (χ1n) is 13.9. The molecule has 0 aromatic heterocycles. The minimum atomic E-state index is -1.09. The molecule has 11 nitrogen and oxygen atoms in total. The van der Waals surface area contributed by atoms with E-state index in [-0.39, 0.29) is 35.7 Å². The summed E-state index contributed by atoms with van der Waals surface area (Å²) >= 11 is 0. The van der Waals surface area contributed by atoms with Gasteiger partial charge in [-0.05, 0) is 58.1 Å². The number of anilines is 1. The molecule has 5 rings (SSSR count). The first-order valence-corrected chi connectivity index (χ1v) is 13.9. The summed E-state index contributed by atoms with van der Waals surface area (Å²) in [4.78, 5) is 69.2. The van der Waals surface area contributed by atoms with Crippen molar-refractivity contribution in [1.82, 2.24) is 20.0 Å². The van der Waals surface area contributed by atoms with E-state index in [2.05, 4.69) is 10.2 Å². The maximum Gasteiger partial charge on any atom is 0.410 e. The van der Waals surface area contributed by atoms with Gasteiger partial charge in [-0.25, -0.2) is 9.18 Å². The highest BCUT2D eigenvalue weighted by Crippen LogP contribution is 2.33. The molecule has 216 valence electrons. The first-order chi connectivity index (χ1) is 18.9.